The summed E-state index contributed by atoms with van der Waals surface area (Å²) in [5, 5.41) is 0. The molecule has 0 radical (unpaired) electrons. The van der Waals surface area contributed by atoms with Crippen molar-refractivity contribution < 1.29 is 4.74 Å². The van der Waals surface area contributed by atoms with Crippen molar-refractivity contribution in [2.24, 2.45) is 0 Å². The molecule has 2 saturated heterocycles. The quantitative estimate of drug-likeness (QED) is 0.548. The van der Waals surface area contributed by atoms with Gasteiger partial charge in [-0.25, -0.2) is 0 Å². The van der Waals surface area contributed by atoms with Gasteiger partial charge < -0.3 is 4.74 Å². The van der Waals surface area contributed by atoms with E-state index in [1.807, 2.05) is 0 Å². The van der Waals surface area contributed by atoms with Crippen LogP contribution in [0.15, 0.2) is 12.2 Å². The van der Waals surface area contributed by atoms with Crippen LogP contribution in [-0.2, 0) is 4.74 Å². The minimum atomic E-state index is 0.718. The van der Waals surface area contributed by atoms with Crippen LogP contribution in [0.2, 0.25) is 0 Å². The van der Waals surface area contributed by atoms with Gasteiger partial charge in [0.15, 0.2) is 0 Å². The minimum absolute atomic E-state index is 0.718. The molecule has 2 nitrogen and oxygen atoms in total. The van der Waals surface area contributed by atoms with Crippen molar-refractivity contribution in [2.75, 3.05) is 26.3 Å². The fraction of sp³-hybridized carbons (Fsp3) is 0.800. The summed E-state index contributed by atoms with van der Waals surface area (Å²) in [5.41, 5.74) is 1.43. The number of rotatable bonds is 1. The molecule has 2 aliphatic rings. The lowest BCUT2D eigenvalue weighted by atomic mass is 10.1. The molecule has 2 heterocycles. The van der Waals surface area contributed by atoms with Crippen molar-refractivity contribution in [3.8, 4) is 0 Å². The molecule has 2 aliphatic heterocycles. The zero-order chi connectivity index (χ0) is 8.39. The Hall–Kier alpha value is -0.340. The van der Waals surface area contributed by atoms with Gasteiger partial charge in [0.1, 0.15) is 0 Å². The fourth-order valence-corrected chi connectivity index (χ4v) is 1.87. The monoisotopic (exact) mass is 167 g/mol. The third-order valence-corrected chi connectivity index (χ3v) is 2.87. The second-order valence-electron chi connectivity index (χ2n) is 3.83. The van der Waals surface area contributed by atoms with Gasteiger partial charge in [-0.05, 0) is 25.8 Å². The molecule has 0 N–H and O–H groups in total. The molecule has 0 aliphatic carbocycles. The van der Waals surface area contributed by atoms with Gasteiger partial charge in [-0.15, -0.1) is 0 Å². The summed E-state index contributed by atoms with van der Waals surface area (Å²) in [4.78, 5) is 2.56. The molecule has 2 heteroatoms. The maximum atomic E-state index is 5.19. The lowest BCUT2D eigenvalue weighted by molar-refractivity contribution is -0.0634. The average Bonchev–Trinajstić information content (AvgIpc) is 2.12. The normalized spacial score (nSPS) is 28.2. The Labute approximate surface area is 74.2 Å². The van der Waals surface area contributed by atoms with Crippen LogP contribution >= 0.6 is 0 Å². The Bertz CT molecular complexity index is 175. The Balaban J connectivity index is 1.85. The first-order valence-electron chi connectivity index (χ1n) is 4.85. The van der Waals surface area contributed by atoms with Crippen LogP contribution in [0.4, 0.5) is 0 Å². The van der Waals surface area contributed by atoms with Crippen LogP contribution in [0, 0.1) is 0 Å². The van der Waals surface area contributed by atoms with Gasteiger partial charge in [-0.1, -0.05) is 12.2 Å². The van der Waals surface area contributed by atoms with E-state index in [1.54, 1.807) is 0 Å². The molecular weight excluding hydrogens is 150 g/mol. The average molecular weight is 167 g/mol. The van der Waals surface area contributed by atoms with Crippen molar-refractivity contribution in [1.82, 2.24) is 4.90 Å². The summed E-state index contributed by atoms with van der Waals surface area (Å²) >= 11 is 0. The summed E-state index contributed by atoms with van der Waals surface area (Å²) in [7, 11) is 0. The van der Waals surface area contributed by atoms with Gasteiger partial charge in [0.25, 0.3) is 0 Å². The van der Waals surface area contributed by atoms with E-state index in [4.69, 9.17) is 4.74 Å². The van der Waals surface area contributed by atoms with Crippen LogP contribution < -0.4 is 0 Å². The van der Waals surface area contributed by atoms with Crippen LogP contribution in [0.25, 0.3) is 0 Å². The molecule has 0 bridgehead atoms. The van der Waals surface area contributed by atoms with Crippen LogP contribution in [0.5, 0.6) is 0 Å². The van der Waals surface area contributed by atoms with Crippen molar-refractivity contribution in [2.45, 2.75) is 25.3 Å². The standard InChI is InChI=1S/C10H17NO/c1-9-3-2-5-11(6-4-9)10-7-12-8-10/h10H,1-8H2. The first kappa shape index (κ1) is 8.27. The number of likely N-dealkylation sites (tertiary alicyclic amines) is 1. The SMILES string of the molecule is C=C1CCCN(C2COC2)CC1. The summed E-state index contributed by atoms with van der Waals surface area (Å²) < 4.78 is 5.19. The molecule has 0 aromatic heterocycles. The topological polar surface area (TPSA) is 12.5 Å². The highest BCUT2D eigenvalue weighted by atomic mass is 16.5. The van der Waals surface area contributed by atoms with E-state index < -0.39 is 0 Å². The molecular formula is C10H17NO. The van der Waals surface area contributed by atoms with E-state index in [0.717, 1.165) is 19.3 Å². The van der Waals surface area contributed by atoms with Crippen LogP contribution in [-0.4, -0.2) is 37.2 Å². The molecule has 68 valence electrons. The molecule has 0 aromatic carbocycles. The van der Waals surface area contributed by atoms with E-state index in [-0.39, 0.29) is 0 Å². The predicted molar refractivity (Wildman–Crippen MR) is 49.2 cm³/mol. The van der Waals surface area contributed by atoms with Gasteiger partial charge in [-0.3, -0.25) is 4.90 Å². The van der Waals surface area contributed by atoms with Gasteiger partial charge in [0.2, 0.25) is 0 Å². The third kappa shape index (κ3) is 1.70. The predicted octanol–water partition coefficient (Wildman–Crippen LogP) is 1.43. The Morgan fingerprint density at radius 3 is 2.75 bits per heavy atom. The first-order valence-corrected chi connectivity index (χ1v) is 4.85. The highest BCUT2D eigenvalue weighted by Gasteiger charge is 2.26. The van der Waals surface area contributed by atoms with E-state index >= 15 is 0 Å². The Morgan fingerprint density at radius 2 is 2.08 bits per heavy atom. The lowest BCUT2D eigenvalue weighted by Crippen LogP contribution is -2.49. The zero-order valence-corrected chi connectivity index (χ0v) is 7.59. The maximum Gasteiger partial charge on any atom is 0.0645 e. The number of ether oxygens (including phenoxy) is 1. The Morgan fingerprint density at radius 1 is 1.25 bits per heavy atom. The number of hydrogen-bond donors (Lipinski definition) is 0. The third-order valence-electron chi connectivity index (χ3n) is 2.87. The number of nitrogens with zero attached hydrogens (tertiary/aromatic N) is 1. The summed E-state index contributed by atoms with van der Waals surface area (Å²) in [6, 6.07) is 0.718. The second-order valence-corrected chi connectivity index (χ2v) is 3.83. The molecule has 0 amide bonds. The molecule has 2 fully saturated rings. The van der Waals surface area contributed by atoms with Crippen molar-refractivity contribution in [3.63, 3.8) is 0 Å². The fourth-order valence-electron chi connectivity index (χ4n) is 1.87. The van der Waals surface area contributed by atoms with Crippen LogP contribution in [0.1, 0.15) is 19.3 Å². The van der Waals surface area contributed by atoms with Gasteiger partial charge in [0.05, 0.1) is 19.3 Å². The van der Waals surface area contributed by atoms with Crippen molar-refractivity contribution in [3.05, 3.63) is 12.2 Å². The summed E-state index contributed by atoms with van der Waals surface area (Å²) in [6.07, 6.45) is 3.70. The lowest BCUT2D eigenvalue weighted by Gasteiger charge is -2.36. The molecule has 2 rings (SSSR count). The van der Waals surface area contributed by atoms with E-state index in [0.29, 0.717) is 0 Å². The molecule has 12 heavy (non-hydrogen) atoms. The molecule has 0 unspecified atom stereocenters. The van der Waals surface area contributed by atoms with Crippen LogP contribution in [0.3, 0.4) is 0 Å². The highest BCUT2D eigenvalue weighted by Crippen LogP contribution is 2.19. The smallest absolute Gasteiger partial charge is 0.0645 e. The van der Waals surface area contributed by atoms with Gasteiger partial charge >= 0.3 is 0 Å². The Kier molecular flexibility index (Phi) is 2.47. The summed E-state index contributed by atoms with van der Waals surface area (Å²) in [6.45, 7) is 8.40. The molecule has 0 spiro atoms. The number of hydrogen-bond acceptors (Lipinski definition) is 2. The van der Waals surface area contributed by atoms with Gasteiger partial charge in [0, 0.05) is 6.54 Å². The largest absolute Gasteiger partial charge is 0.378 e. The first-order chi connectivity index (χ1) is 5.86. The van der Waals surface area contributed by atoms with E-state index in [2.05, 4.69) is 11.5 Å². The molecule has 0 saturated carbocycles. The molecule has 0 aromatic rings. The maximum absolute atomic E-state index is 5.19. The molecule has 0 atom stereocenters. The highest BCUT2D eigenvalue weighted by molar-refractivity contribution is 4.97. The van der Waals surface area contributed by atoms with E-state index in [1.165, 1.54) is 37.9 Å². The summed E-state index contributed by atoms with van der Waals surface area (Å²) in [5.74, 6) is 0. The second kappa shape index (κ2) is 3.58. The van der Waals surface area contributed by atoms with Crippen molar-refractivity contribution >= 4 is 0 Å². The van der Waals surface area contributed by atoms with Gasteiger partial charge in [-0.2, -0.15) is 0 Å². The van der Waals surface area contributed by atoms with Crippen molar-refractivity contribution in [1.29, 1.82) is 0 Å². The minimum Gasteiger partial charge on any atom is -0.378 e. The zero-order valence-electron chi connectivity index (χ0n) is 7.59. The van der Waals surface area contributed by atoms with E-state index in [9.17, 15) is 0 Å².